The molecule has 1 amide bonds. The van der Waals surface area contributed by atoms with Crippen molar-refractivity contribution in [2.45, 2.75) is 19.2 Å². The van der Waals surface area contributed by atoms with Gasteiger partial charge < -0.3 is 5.32 Å². The molecule has 0 fully saturated rings. The van der Waals surface area contributed by atoms with Gasteiger partial charge in [-0.05, 0) is 42.3 Å². The molecular weight excluding hydrogens is 454 g/mol. The number of hydrogen-bond acceptors (Lipinski definition) is 4. The van der Waals surface area contributed by atoms with Crippen LogP contribution in [0.5, 0.6) is 0 Å². The Morgan fingerprint density at radius 2 is 1.76 bits per heavy atom. The van der Waals surface area contributed by atoms with E-state index >= 15 is 0 Å². The SMILES string of the molecule is Cc1nc(-c2cccc(Br)c2)ccc1C(=O)NCc1ccc(CS(N)(=O)=O)cc1. The van der Waals surface area contributed by atoms with E-state index in [1.54, 1.807) is 37.3 Å². The molecule has 3 N–H and O–H groups in total. The first-order valence-corrected chi connectivity index (χ1v) is 11.3. The molecule has 0 saturated heterocycles. The second-order valence-corrected chi connectivity index (χ2v) is 9.18. The number of nitrogens with one attached hydrogen (secondary N) is 1. The van der Waals surface area contributed by atoms with Gasteiger partial charge in [-0.2, -0.15) is 0 Å². The van der Waals surface area contributed by atoms with Crippen molar-refractivity contribution in [1.82, 2.24) is 10.3 Å². The van der Waals surface area contributed by atoms with E-state index in [1.165, 1.54) is 0 Å². The first-order chi connectivity index (χ1) is 13.7. The topological polar surface area (TPSA) is 102 Å². The summed E-state index contributed by atoms with van der Waals surface area (Å²) >= 11 is 3.45. The summed E-state index contributed by atoms with van der Waals surface area (Å²) in [6, 6.07) is 18.3. The summed E-state index contributed by atoms with van der Waals surface area (Å²) < 4.78 is 23.2. The van der Waals surface area contributed by atoms with E-state index in [4.69, 9.17) is 5.14 Å². The molecule has 0 saturated carbocycles. The highest BCUT2D eigenvalue weighted by atomic mass is 79.9. The molecule has 8 heteroatoms. The normalized spacial score (nSPS) is 11.3. The number of carbonyl (C=O) groups is 1. The number of rotatable bonds is 6. The molecule has 0 aliphatic carbocycles. The maximum atomic E-state index is 12.5. The lowest BCUT2D eigenvalue weighted by atomic mass is 10.1. The molecule has 1 aromatic heterocycles. The van der Waals surface area contributed by atoms with Gasteiger partial charge in [-0.1, -0.05) is 52.3 Å². The summed E-state index contributed by atoms with van der Waals surface area (Å²) in [4.78, 5) is 17.1. The van der Waals surface area contributed by atoms with E-state index in [2.05, 4.69) is 26.2 Å². The van der Waals surface area contributed by atoms with E-state index in [9.17, 15) is 13.2 Å². The monoisotopic (exact) mass is 473 g/mol. The number of aromatic nitrogens is 1. The van der Waals surface area contributed by atoms with Crippen LogP contribution in [-0.2, 0) is 22.3 Å². The summed E-state index contributed by atoms with van der Waals surface area (Å²) in [7, 11) is -3.56. The van der Waals surface area contributed by atoms with Crippen LogP contribution in [0.15, 0.2) is 65.1 Å². The third kappa shape index (κ3) is 5.96. The van der Waals surface area contributed by atoms with Gasteiger partial charge in [-0.15, -0.1) is 0 Å². The van der Waals surface area contributed by atoms with Crippen molar-refractivity contribution >= 4 is 31.9 Å². The predicted molar refractivity (Wildman–Crippen MR) is 117 cm³/mol. The van der Waals surface area contributed by atoms with Gasteiger partial charge in [-0.3, -0.25) is 9.78 Å². The number of hydrogen-bond donors (Lipinski definition) is 2. The van der Waals surface area contributed by atoms with Gasteiger partial charge in [0.25, 0.3) is 5.91 Å². The largest absolute Gasteiger partial charge is 0.348 e. The first kappa shape index (κ1) is 21.2. The van der Waals surface area contributed by atoms with Gasteiger partial charge in [0.05, 0.1) is 22.7 Å². The molecule has 0 atom stereocenters. The molecule has 0 spiro atoms. The molecule has 3 rings (SSSR count). The average molecular weight is 474 g/mol. The number of aryl methyl sites for hydroxylation is 1. The van der Waals surface area contributed by atoms with Crippen LogP contribution in [0.3, 0.4) is 0 Å². The fourth-order valence-electron chi connectivity index (χ4n) is 2.87. The quantitative estimate of drug-likeness (QED) is 0.571. The van der Waals surface area contributed by atoms with Crippen LogP contribution in [0.25, 0.3) is 11.3 Å². The lowest BCUT2D eigenvalue weighted by Crippen LogP contribution is -2.24. The van der Waals surface area contributed by atoms with Gasteiger partial charge in [-0.25, -0.2) is 13.6 Å². The smallest absolute Gasteiger partial charge is 0.253 e. The number of amides is 1. The van der Waals surface area contributed by atoms with Gasteiger partial charge in [0.2, 0.25) is 10.0 Å². The second-order valence-electron chi connectivity index (χ2n) is 6.65. The number of carbonyl (C=O) groups excluding carboxylic acids is 1. The fraction of sp³-hybridized carbons (Fsp3) is 0.143. The maximum absolute atomic E-state index is 12.5. The van der Waals surface area contributed by atoms with E-state index in [-0.39, 0.29) is 11.7 Å². The summed E-state index contributed by atoms with van der Waals surface area (Å²) in [6.45, 7) is 2.12. The average Bonchev–Trinajstić information content (AvgIpc) is 2.66. The molecule has 6 nitrogen and oxygen atoms in total. The summed E-state index contributed by atoms with van der Waals surface area (Å²) in [5.74, 6) is -0.432. The van der Waals surface area contributed by atoms with Gasteiger partial charge >= 0.3 is 0 Å². The number of halogens is 1. The number of nitrogens with two attached hydrogens (primary N) is 1. The second kappa shape index (κ2) is 8.86. The van der Waals surface area contributed by atoms with E-state index in [1.807, 2.05) is 30.3 Å². The van der Waals surface area contributed by atoms with Gasteiger partial charge in [0.1, 0.15) is 0 Å². The Hall–Kier alpha value is -2.55. The van der Waals surface area contributed by atoms with Crippen molar-refractivity contribution in [1.29, 1.82) is 0 Å². The molecule has 1 heterocycles. The predicted octanol–water partition coefficient (Wildman–Crippen LogP) is 3.54. The Bertz CT molecular complexity index is 1150. The number of pyridine rings is 1. The highest BCUT2D eigenvalue weighted by Crippen LogP contribution is 2.22. The van der Waals surface area contributed by atoms with Crippen LogP contribution >= 0.6 is 15.9 Å². The van der Waals surface area contributed by atoms with Crippen molar-refractivity contribution in [2.24, 2.45) is 5.14 Å². The third-order valence-corrected chi connectivity index (χ3v) is 5.52. The number of primary sulfonamides is 1. The molecular formula is C21H20BrN3O3S. The maximum Gasteiger partial charge on any atom is 0.253 e. The van der Waals surface area contributed by atoms with Gasteiger partial charge in [0.15, 0.2) is 0 Å². The standard InChI is InChI=1S/C21H20BrN3O3S/c1-14-19(9-10-20(25-14)17-3-2-4-18(22)11-17)21(26)24-12-15-5-7-16(8-6-15)13-29(23,27)28/h2-11H,12-13H2,1H3,(H,24,26)(H2,23,27,28). The van der Waals surface area contributed by atoms with Crippen molar-refractivity contribution < 1.29 is 13.2 Å². The van der Waals surface area contributed by atoms with Crippen LogP contribution < -0.4 is 10.5 Å². The molecule has 29 heavy (non-hydrogen) atoms. The molecule has 150 valence electrons. The van der Waals surface area contributed by atoms with E-state index < -0.39 is 10.0 Å². The Morgan fingerprint density at radius 3 is 2.38 bits per heavy atom. The Morgan fingerprint density at radius 1 is 1.07 bits per heavy atom. The number of sulfonamides is 1. The lowest BCUT2D eigenvalue weighted by Gasteiger charge is -2.10. The zero-order valence-electron chi connectivity index (χ0n) is 15.7. The molecule has 0 aliphatic heterocycles. The zero-order chi connectivity index (χ0) is 21.0. The Balaban J connectivity index is 1.66. The van der Waals surface area contributed by atoms with Crippen molar-refractivity contribution in [3.05, 3.63) is 87.5 Å². The Labute approximate surface area is 178 Å². The Kier molecular flexibility index (Phi) is 6.46. The van der Waals surface area contributed by atoms with Crippen molar-refractivity contribution in [3.8, 4) is 11.3 Å². The van der Waals surface area contributed by atoms with Crippen LogP contribution in [0.1, 0.15) is 27.2 Å². The van der Waals surface area contributed by atoms with Crippen LogP contribution in [0.2, 0.25) is 0 Å². The molecule has 0 unspecified atom stereocenters. The van der Waals surface area contributed by atoms with Crippen LogP contribution in [0, 0.1) is 6.92 Å². The van der Waals surface area contributed by atoms with E-state index in [0.29, 0.717) is 23.4 Å². The zero-order valence-corrected chi connectivity index (χ0v) is 18.1. The molecule has 0 bridgehead atoms. The minimum atomic E-state index is -3.56. The minimum absolute atomic E-state index is 0.213. The van der Waals surface area contributed by atoms with Crippen molar-refractivity contribution in [2.75, 3.05) is 0 Å². The third-order valence-electron chi connectivity index (χ3n) is 4.29. The molecule has 2 aromatic carbocycles. The molecule has 0 radical (unpaired) electrons. The summed E-state index contributed by atoms with van der Waals surface area (Å²) in [6.07, 6.45) is 0. The highest BCUT2D eigenvalue weighted by Gasteiger charge is 2.12. The van der Waals surface area contributed by atoms with Crippen LogP contribution in [-0.4, -0.2) is 19.3 Å². The first-order valence-electron chi connectivity index (χ1n) is 8.81. The van der Waals surface area contributed by atoms with Gasteiger partial charge in [0, 0.05) is 16.6 Å². The minimum Gasteiger partial charge on any atom is -0.348 e. The number of nitrogens with zero attached hydrogens (tertiary/aromatic N) is 1. The summed E-state index contributed by atoms with van der Waals surface area (Å²) in [5.41, 5.74) is 4.37. The number of benzene rings is 2. The fourth-order valence-corrected chi connectivity index (χ4v) is 3.93. The molecule has 3 aromatic rings. The lowest BCUT2D eigenvalue weighted by molar-refractivity contribution is 0.0950. The highest BCUT2D eigenvalue weighted by molar-refractivity contribution is 9.10. The summed E-state index contributed by atoms with van der Waals surface area (Å²) in [5, 5.41) is 7.91. The van der Waals surface area contributed by atoms with E-state index in [0.717, 1.165) is 21.3 Å². The van der Waals surface area contributed by atoms with Crippen LogP contribution in [0.4, 0.5) is 0 Å². The van der Waals surface area contributed by atoms with Crippen molar-refractivity contribution in [3.63, 3.8) is 0 Å². The molecule has 0 aliphatic rings.